The van der Waals surface area contributed by atoms with Crippen LogP contribution in [-0.4, -0.2) is 45.6 Å². The Balaban J connectivity index is 1.65. The van der Waals surface area contributed by atoms with Gasteiger partial charge in [-0.15, -0.1) is 0 Å². The van der Waals surface area contributed by atoms with Crippen LogP contribution in [0.15, 0.2) is 30.7 Å². The molecule has 0 aliphatic carbocycles. The van der Waals surface area contributed by atoms with Crippen LogP contribution in [0.25, 0.3) is 11.3 Å². The third kappa shape index (κ3) is 3.29. The van der Waals surface area contributed by atoms with Gasteiger partial charge in [-0.3, -0.25) is 9.67 Å². The van der Waals surface area contributed by atoms with Crippen LogP contribution in [0.5, 0.6) is 0 Å². The monoisotopic (exact) mass is 287 g/mol. The van der Waals surface area contributed by atoms with E-state index in [9.17, 15) is 5.11 Å². The molecule has 2 unspecified atom stereocenters. The van der Waals surface area contributed by atoms with Gasteiger partial charge in [0.1, 0.15) is 0 Å². The molecule has 112 valence electrons. The number of aliphatic hydroxyl groups excluding tert-OH is 1. The Morgan fingerprint density at radius 3 is 3.10 bits per heavy atom. The number of nitrogens with zero attached hydrogens (tertiary/aromatic N) is 3. The molecule has 1 fully saturated rings. The summed E-state index contributed by atoms with van der Waals surface area (Å²) >= 11 is 0. The molecule has 2 atom stereocenters. The molecule has 2 aromatic rings. The molecule has 21 heavy (non-hydrogen) atoms. The molecule has 3 heterocycles. The summed E-state index contributed by atoms with van der Waals surface area (Å²) in [4.78, 5) is 4.15. The Hall–Kier alpha value is -1.76. The van der Waals surface area contributed by atoms with Crippen LogP contribution in [0.1, 0.15) is 5.56 Å². The number of aryl methyl sites for hydroxylation is 1. The minimum atomic E-state index is -0.246. The summed E-state index contributed by atoms with van der Waals surface area (Å²) in [6.45, 7) is 3.10. The van der Waals surface area contributed by atoms with E-state index in [1.54, 1.807) is 6.20 Å². The van der Waals surface area contributed by atoms with Crippen LogP contribution >= 0.6 is 0 Å². The van der Waals surface area contributed by atoms with Crippen molar-refractivity contribution in [3.8, 4) is 11.3 Å². The third-order valence-electron chi connectivity index (χ3n) is 3.87. The zero-order valence-electron chi connectivity index (χ0n) is 12.2. The van der Waals surface area contributed by atoms with Crippen LogP contribution in [0.3, 0.4) is 0 Å². The van der Waals surface area contributed by atoms with Crippen molar-refractivity contribution in [2.75, 3.05) is 19.6 Å². The zero-order valence-corrected chi connectivity index (χ0v) is 12.2. The second kappa shape index (κ2) is 6.34. The quantitative estimate of drug-likeness (QED) is 0.730. The number of nitrogens with one attached hydrogen (secondary N) is 2. The molecular weight excluding hydrogens is 266 g/mol. The van der Waals surface area contributed by atoms with E-state index in [0.717, 1.165) is 36.5 Å². The molecule has 0 amide bonds. The Morgan fingerprint density at radius 2 is 2.38 bits per heavy atom. The SMILES string of the molecule is Cn1cc(CNCC2CNCC2O)c(-c2cccnc2)n1. The largest absolute Gasteiger partial charge is 0.391 e. The van der Waals surface area contributed by atoms with Gasteiger partial charge in [0.05, 0.1) is 11.8 Å². The van der Waals surface area contributed by atoms with Gasteiger partial charge >= 0.3 is 0 Å². The fourth-order valence-corrected chi connectivity index (χ4v) is 2.73. The second-order valence-electron chi connectivity index (χ2n) is 5.53. The number of hydrogen-bond acceptors (Lipinski definition) is 5. The maximum absolute atomic E-state index is 9.80. The van der Waals surface area contributed by atoms with Crippen molar-refractivity contribution in [2.24, 2.45) is 13.0 Å². The first-order valence-corrected chi connectivity index (χ1v) is 7.26. The van der Waals surface area contributed by atoms with Crippen LogP contribution in [0.4, 0.5) is 0 Å². The fraction of sp³-hybridized carbons (Fsp3) is 0.467. The van der Waals surface area contributed by atoms with Crippen molar-refractivity contribution in [3.05, 3.63) is 36.3 Å². The van der Waals surface area contributed by atoms with Gasteiger partial charge in [0.2, 0.25) is 0 Å². The highest BCUT2D eigenvalue weighted by atomic mass is 16.3. The number of rotatable bonds is 5. The zero-order chi connectivity index (χ0) is 14.7. The first-order valence-electron chi connectivity index (χ1n) is 7.26. The summed E-state index contributed by atoms with van der Waals surface area (Å²) in [5.41, 5.74) is 3.13. The van der Waals surface area contributed by atoms with Gasteiger partial charge in [-0.05, 0) is 12.1 Å². The lowest BCUT2D eigenvalue weighted by Gasteiger charge is -2.14. The van der Waals surface area contributed by atoms with Gasteiger partial charge in [0.25, 0.3) is 0 Å². The standard InChI is InChI=1S/C15H21N5O/c1-20-10-13(8-17-6-12-7-18-9-14(12)21)15(19-20)11-3-2-4-16-5-11/h2-5,10,12,14,17-18,21H,6-9H2,1H3. The Labute approximate surface area is 124 Å². The minimum Gasteiger partial charge on any atom is -0.391 e. The summed E-state index contributed by atoms with van der Waals surface area (Å²) < 4.78 is 1.82. The normalized spacial score (nSPS) is 21.8. The number of β-amino-alcohol motifs (C(OH)–C–C–N with tert-alkyl or cyclic N) is 1. The molecule has 6 nitrogen and oxygen atoms in total. The van der Waals surface area contributed by atoms with E-state index in [1.165, 1.54) is 0 Å². The van der Waals surface area contributed by atoms with Gasteiger partial charge < -0.3 is 15.7 Å². The topological polar surface area (TPSA) is 75.0 Å². The molecule has 3 rings (SSSR count). The fourth-order valence-electron chi connectivity index (χ4n) is 2.73. The third-order valence-corrected chi connectivity index (χ3v) is 3.87. The van der Waals surface area contributed by atoms with Gasteiger partial charge in [0, 0.05) is 68.9 Å². The molecule has 0 bridgehead atoms. The molecule has 3 N–H and O–H groups in total. The molecular formula is C15H21N5O. The van der Waals surface area contributed by atoms with Crippen molar-refractivity contribution >= 4 is 0 Å². The molecule has 1 aliphatic rings. The van der Waals surface area contributed by atoms with Gasteiger partial charge in [-0.1, -0.05) is 0 Å². The first kappa shape index (κ1) is 14.2. The average Bonchev–Trinajstić information content (AvgIpc) is 3.06. The first-order chi connectivity index (χ1) is 10.2. The predicted octanol–water partition coefficient (Wildman–Crippen LogP) is 0.152. The van der Waals surface area contributed by atoms with Crippen molar-refractivity contribution in [2.45, 2.75) is 12.6 Å². The highest BCUT2D eigenvalue weighted by Crippen LogP contribution is 2.20. The van der Waals surface area contributed by atoms with E-state index in [-0.39, 0.29) is 12.0 Å². The number of pyridine rings is 1. The lowest BCUT2D eigenvalue weighted by molar-refractivity contribution is 0.146. The molecule has 2 aromatic heterocycles. The molecule has 0 aromatic carbocycles. The van der Waals surface area contributed by atoms with E-state index in [0.29, 0.717) is 6.54 Å². The lowest BCUT2D eigenvalue weighted by Crippen LogP contribution is -2.30. The van der Waals surface area contributed by atoms with Crippen LogP contribution in [-0.2, 0) is 13.6 Å². The van der Waals surface area contributed by atoms with Gasteiger partial charge in [-0.2, -0.15) is 5.10 Å². The van der Waals surface area contributed by atoms with E-state index in [2.05, 4.69) is 20.7 Å². The Kier molecular flexibility index (Phi) is 4.28. The number of aliphatic hydroxyl groups is 1. The highest BCUT2D eigenvalue weighted by Gasteiger charge is 2.24. The molecule has 0 radical (unpaired) electrons. The van der Waals surface area contributed by atoms with E-state index < -0.39 is 0 Å². The summed E-state index contributed by atoms with van der Waals surface area (Å²) in [6, 6.07) is 3.94. The lowest BCUT2D eigenvalue weighted by atomic mass is 10.1. The van der Waals surface area contributed by atoms with E-state index in [1.807, 2.05) is 36.3 Å². The number of hydrogen-bond donors (Lipinski definition) is 3. The highest BCUT2D eigenvalue weighted by molar-refractivity contribution is 5.61. The van der Waals surface area contributed by atoms with Crippen LogP contribution < -0.4 is 10.6 Å². The maximum atomic E-state index is 9.80. The van der Waals surface area contributed by atoms with Crippen molar-refractivity contribution in [1.29, 1.82) is 0 Å². The number of aromatic nitrogens is 3. The predicted molar refractivity (Wildman–Crippen MR) is 80.5 cm³/mol. The summed E-state index contributed by atoms with van der Waals surface area (Å²) in [7, 11) is 1.92. The molecule has 0 spiro atoms. The van der Waals surface area contributed by atoms with Crippen molar-refractivity contribution in [1.82, 2.24) is 25.4 Å². The summed E-state index contributed by atoms with van der Waals surface area (Å²) in [6.07, 6.45) is 5.37. The molecule has 1 aliphatic heterocycles. The molecule has 1 saturated heterocycles. The van der Waals surface area contributed by atoms with Crippen molar-refractivity contribution < 1.29 is 5.11 Å². The van der Waals surface area contributed by atoms with Gasteiger partial charge in [-0.25, -0.2) is 0 Å². The molecule has 0 saturated carbocycles. The maximum Gasteiger partial charge on any atom is 0.0983 e. The summed E-state index contributed by atoms with van der Waals surface area (Å²) in [5.74, 6) is 0.281. The average molecular weight is 287 g/mol. The summed E-state index contributed by atoms with van der Waals surface area (Å²) in [5, 5.41) is 20.9. The minimum absolute atomic E-state index is 0.246. The van der Waals surface area contributed by atoms with Crippen LogP contribution in [0.2, 0.25) is 0 Å². The van der Waals surface area contributed by atoms with Gasteiger partial charge in [0.15, 0.2) is 0 Å². The second-order valence-corrected chi connectivity index (χ2v) is 5.53. The molecule has 6 heteroatoms. The Morgan fingerprint density at radius 1 is 1.48 bits per heavy atom. The van der Waals surface area contributed by atoms with Crippen LogP contribution in [0, 0.1) is 5.92 Å². The van der Waals surface area contributed by atoms with E-state index >= 15 is 0 Å². The van der Waals surface area contributed by atoms with Crippen molar-refractivity contribution in [3.63, 3.8) is 0 Å². The van der Waals surface area contributed by atoms with E-state index in [4.69, 9.17) is 0 Å². The Bertz CT molecular complexity index is 583. The smallest absolute Gasteiger partial charge is 0.0983 e.